The van der Waals surface area contributed by atoms with Crippen molar-refractivity contribution in [2.75, 3.05) is 0 Å². The highest BCUT2D eigenvalue weighted by Gasteiger charge is 2.39. The Morgan fingerprint density at radius 1 is 0.933 bits per heavy atom. The summed E-state index contributed by atoms with van der Waals surface area (Å²) < 4.78 is 42.2. The summed E-state index contributed by atoms with van der Waals surface area (Å²) in [6, 6.07) is 15.1. The normalized spacial score (nSPS) is 14.0. The second-order valence-electron chi connectivity index (χ2n) is 7.29. The Labute approximate surface area is 172 Å². The number of nitrogens with zero attached hydrogens (tertiary/aromatic N) is 4. The predicted molar refractivity (Wildman–Crippen MR) is 109 cm³/mol. The molecule has 1 unspecified atom stereocenters. The van der Waals surface area contributed by atoms with Crippen LogP contribution < -0.4 is 0 Å². The molecule has 0 aliphatic heterocycles. The van der Waals surface area contributed by atoms with Crippen LogP contribution in [-0.4, -0.2) is 19.7 Å². The van der Waals surface area contributed by atoms with E-state index in [1.807, 2.05) is 30.3 Å². The first kappa shape index (κ1) is 20.1. The lowest BCUT2D eigenvalue weighted by Crippen LogP contribution is -2.37. The van der Waals surface area contributed by atoms with Gasteiger partial charge in [-0.25, -0.2) is 9.67 Å². The summed E-state index contributed by atoms with van der Waals surface area (Å²) in [4.78, 5) is 8.46. The molecule has 30 heavy (non-hydrogen) atoms. The second-order valence-corrected chi connectivity index (χ2v) is 7.29. The third-order valence-corrected chi connectivity index (χ3v) is 5.45. The molecule has 0 saturated heterocycles. The minimum Gasteiger partial charge on any atom is -0.256 e. The molecule has 0 bridgehead atoms. The molecule has 1 atom stereocenters. The fourth-order valence-corrected chi connectivity index (χ4v) is 3.96. The Morgan fingerprint density at radius 3 is 2.47 bits per heavy atom. The van der Waals surface area contributed by atoms with Gasteiger partial charge in [0.1, 0.15) is 18.2 Å². The number of benzene rings is 2. The number of alkyl halides is 3. The molecule has 2 aromatic heterocycles. The summed E-state index contributed by atoms with van der Waals surface area (Å²) in [6.07, 6.45) is 2.56. The van der Waals surface area contributed by atoms with Gasteiger partial charge in [0.25, 0.3) is 0 Å². The van der Waals surface area contributed by atoms with Crippen molar-refractivity contribution >= 4 is 10.9 Å². The van der Waals surface area contributed by atoms with E-state index in [1.165, 1.54) is 18.5 Å². The van der Waals surface area contributed by atoms with Crippen LogP contribution in [0.5, 0.6) is 0 Å². The molecule has 4 nitrogen and oxygen atoms in total. The maximum absolute atomic E-state index is 13.5. The lowest BCUT2D eigenvalue weighted by Gasteiger charge is -2.36. The molecule has 2 heterocycles. The molecular weight excluding hydrogens is 389 g/mol. The Hall–Kier alpha value is -3.22. The molecule has 4 rings (SSSR count). The Morgan fingerprint density at radius 2 is 1.73 bits per heavy atom. The van der Waals surface area contributed by atoms with Crippen LogP contribution in [0.1, 0.15) is 42.9 Å². The van der Waals surface area contributed by atoms with Crippen molar-refractivity contribution in [2.45, 2.75) is 37.9 Å². The summed E-state index contributed by atoms with van der Waals surface area (Å²) in [6.45, 7) is 2.06. The maximum atomic E-state index is 13.5. The molecule has 0 N–H and O–H groups in total. The third-order valence-electron chi connectivity index (χ3n) is 5.45. The van der Waals surface area contributed by atoms with Crippen LogP contribution >= 0.6 is 0 Å². The summed E-state index contributed by atoms with van der Waals surface area (Å²) in [5, 5.41) is 5.29. The molecule has 0 aliphatic carbocycles. The fraction of sp³-hybridized carbons (Fsp3) is 0.261. The number of hydrogen-bond donors (Lipinski definition) is 0. The average Bonchev–Trinajstić information content (AvgIpc) is 3.29. The second kappa shape index (κ2) is 7.89. The first-order valence-corrected chi connectivity index (χ1v) is 9.83. The van der Waals surface area contributed by atoms with Crippen LogP contribution in [0.25, 0.3) is 10.9 Å². The van der Waals surface area contributed by atoms with Crippen LogP contribution in [0.4, 0.5) is 13.2 Å². The van der Waals surface area contributed by atoms with Gasteiger partial charge in [0, 0.05) is 11.6 Å². The third kappa shape index (κ3) is 3.56. The first-order chi connectivity index (χ1) is 14.4. The molecule has 0 spiro atoms. The van der Waals surface area contributed by atoms with Gasteiger partial charge in [-0.3, -0.25) is 4.98 Å². The average molecular weight is 410 g/mol. The van der Waals surface area contributed by atoms with Crippen LogP contribution in [0, 0.1) is 0 Å². The van der Waals surface area contributed by atoms with Crippen LogP contribution in [0.3, 0.4) is 0 Å². The molecule has 4 aromatic rings. The number of unbranched alkanes of at least 4 members (excludes halogenated alkanes) is 1. The molecule has 0 saturated carbocycles. The van der Waals surface area contributed by atoms with Gasteiger partial charge in [0.15, 0.2) is 0 Å². The largest absolute Gasteiger partial charge is 0.416 e. The fourth-order valence-electron chi connectivity index (χ4n) is 3.96. The molecule has 0 radical (unpaired) electrons. The van der Waals surface area contributed by atoms with Crippen molar-refractivity contribution in [1.82, 2.24) is 19.7 Å². The maximum Gasteiger partial charge on any atom is 0.416 e. The monoisotopic (exact) mass is 410 g/mol. The van der Waals surface area contributed by atoms with E-state index in [0.29, 0.717) is 12.0 Å². The summed E-state index contributed by atoms with van der Waals surface area (Å²) >= 11 is 0. The first-order valence-electron chi connectivity index (χ1n) is 9.83. The van der Waals surface area contributed by atoms with Gasteiger partial charge in [0.05, 0.1) is 11.1 Å². The van der Waals surface area contributed by atoms with Gasteiger partial charge < -0.3 is 0 Å². The van der Waals surface area contributed by atoms with E-state index in [9.17, 15) is 13.2 Å². The number of rotatable bonds is 6. The zero-order chi connectivity index (χ0) is 21.2. The molecule has 2 aromatic carbocycles. The van der Waals surface area contributed by atoms with Gasteiger partial charge in [0.2, 0.25) is 0 Å². The van der Waals surface area contributed by atoms with E-state index in [4.69, 9.17) is 0 Å². The van der Waals surface area contributed by atoms with Crippen LogP contribution in [-0.2, 0) is 11.7 Å². The highest BCUT2D eigenvalue weighted by Crippen LogP contribution is 2.41. The summed E-state index contributed by atoms with van der Waals surface area (Å²) in [5.74, 6) is 0. The standard InChI is InChI=1S/C23H21F3N4/c1-2-3-11-22(30-16-27-15-29-30,18-7-4-8-20(14-18)23(24,25)26)19-9-10-21-17(13-19)6-5-12-28-21/h4-10,12-16H,2-3,11H2,1H3. The lowest BCUT2D eigenvalue weighted by atomic mass is 9.78. The van der Waals surface area contributed by atoms with Gasteiger partial charge in [-0.1, -0.05) is 44.0 Å². The highest BCUT2D eigenvalue weighted by atomic mass is 19.4. The molecule has 0 aliphatic rings. The van der Waals surface area contributed by atoms with E-state index in [0.717, 1.165) is 35.4 Å². The van der Waals surface area contributed by atoms with Crippen molar-refractivity contribution in [3.05, 3.63) is 90.1 Å². The van der Waals surface area contributed by atoms with Crippen molar-refractivity contribution in [3.8, 4) is 0 Å². The lowest BCUT2D eigenvalue weighted by molar-refractivity contribution is -0.137. The Balaban J connectivity index is 2.01. The van der Waals surface area contributed by atoms with Crippen molar-refractivity contribution in [2.24, 2.45) is 0 Å². The van der Waals surface area contributed by atoms with Gasteiger partial charge >= 0.3 is 6.18 Å². The van der Waals surface area contributed by atoms with Crippen molar-refractivity contribution < 1.29 is 13.2 Å². The van der Waals surface area contributed by atoms with E-state index >= 15 is 0 Å². The van der Waals surface area contributed by atoms with Gasteiger partial charge in [-0.2, -0.15) is 18.3 Å². The van der Waals surface area contributed by atoms with Crippen molar-refractivity contribution in [1.29, 1.82) is 0 Å². The number of fused-ring (bicyclic) bond motifs is 1. The number of pyridine rings is 1. The van der Waals surface area contributed by atoms with Crippen LogP contribution in [0.15, 0.2) is 73.4 Å². The van der Waals surface area contributed by atoms with E-state index in [1.54, 1.807) is 23.3 Å². The zero-order valence-electron chi connectivity index (χ0n) is 16.5. The smallest absolute Gasteiger partial charge is 0.256 e. The molecule has 154 valence electrons. The Kier molecular flexibility index (Phi) is 5.28. The topological polar surface area (TPSA) is 43.6 Å². The molecule has 0 fully saturated rings. The van der Waals surface area contributed by atoms with Crippen LogP contribution in [0.2, 0.25) is 0 Å². The van der Waals surface area contributed by atoms with Gasteiger partial charge in [-0.15, -0.1) is 0 Å². The summed E-state index contributed by atoms with van der Waals surface area (Å²) in [5.41, 5.74) is 0.607. The minimum absolute atomic E-state index is 0.527. The number of aromatic nitrogens is 4. The summed E-state index contributed by atoms with van der Waals surface area (Å²) in [7, 11) is 0. The molecule has 7 heteroatoms. The van der Waals surface area contributed by atoms with Crippen molar-refractivity contribution in [3.63, 3.8) is 0 Å². The van der Waals surface area contributed by atoms with E-state index in [2.05, 4.69) is 22.0 Å². The quantitative estimate of drug-likeness (QED) is 0.402. The van der Waals surface area contributed by atoms with E-state index in [-0.39, 0.29) is 0 Å². The number of halogens is 3. The minimum atomic E-state index is -4.43. The van der Waals surface area contributed by atoms with Gasteiger partial charge in [-0.05, 0) is 47.9 Å². The zero-order valence-corrected chi connectivity index (χ0v) is 16.5. The SMILES string of the molecule is CCCCC(c1cccc(C(F)(F)F)c1)(c1ccc2ncccc2c1)n1cncn1. The molecule has 0 amide bonds. The predicted octanol–water partition coefficient (Wildman–Crippen LogP) is 5.83. The molecular formula is C23H21F3N4. The van der Waals surface area contributed by atoms with E-state index < -0.39 is 17.3 Å². The highest BCUT2D eigenvalue weighted by molar-refractivity contribution is 5.79. The number of hydrogen-bond acceptors (Lipinski definition) is 3. The Bertz CT molecular complexity index is 1140.